The van der Waals surface area contributed by atoms with E-state index in [1.165, 1.54) is 17.0 Å². The van der Waals surface area contributed by atoms with Crippen molar-refractivity contribution in [3.8, 4) is 0 Å². The molecule has 3 nitrogen and oxygen atoms in total. The van der Waals surface area contributed by atoms with Crippen LogP contribution in [0.3, 0.4) is 0 Å². The van der Waals surface area contributed by atoms with Crippen molar-refractivity contribution in [1.29, 1.82) is 0 Å². The predicted octanol–water partition coefficient (Wildman–Crippen LogP) is 4.78. The van der Waals surface area contributed by atoms with Crippen LogP contribution in [0.5, 0.6) is 0 Å². The van der Waals surface area contributed by atoms with Gasteiger partial charge in [0, 0.05) is 6.54 Å². The largest absolute Gasteiger partial charge is 0.444 e. The zero-order chi connectivity index (χ0) is 16.5. The Morgan fingerprint density at radius 3 is 2.45 bits per heavy atom. The molecule has 1 fully saturated rings. The smallest absolute Gasteiger partial charge is 0.416 e. The molecular formula is C16H20F3NO2. The first-order valence-electron chi connectivity index (χ1n) is 7.25. The molecule has 0 radical (unpaired) electrons. The third-order valence-electron chi connectivity index (χ3n) is 3.51. The fraction of sp³-hybridized carbons (Fsp3) is 0.562. The summed E-state index contributed by atoms with van der Waals surface area (Å²) in [5.74, 6) is 0. The number of nitrogens with zero attached hydrogens (tertiary/aromatic N) is 1. The number of carbonyl (C=O) groups excluding carboxylic acids is 1. The third-order valence-corrected chi connectivity index (χ3v) is 3.51. The first kappa shape index (κ1) is 16.6. The number of hydrogen-bond donors (Lipinski definition) is 0. The number of likely N-dealkylation sites (tertiary alicyclic amines) is 1. The maximum atomic E-state index is 13.2. The Hall–Kier alpha value is -1.72. The minimum Gasteiger partial charge on any atom is -0.444 e. The normalized spacial score (nSPS) is 19.4. The lowest BCUT2D eigenvalue weighted by molar-refractivity contribution is -0.138. The molecule has 0 spiro atoms. The van der Waals surface area contributed by atoms with Gasteiger partial charge in [-0.1, -0.05) is 18.2 Å². The van der Waals surface area contributed by atoms with Gasteiger partial charge in [0.15, 0.2) is 0 Å². The van der Waals surface area contributed by atoms with Gasteiger partial charge in [-0.05, 0) is 45.2 Å². The van der Waals surface area contributed by atoms with Crippen molar-refractivity contribution in [1.82, 2.24) is 4.90 Å². The predicted molar refractivity (Wildman–Crippen MR) is 76.4 cm³/mol. The molecule has 0 N–H and O–H groups in total. The molecule has 2 rings (SSSR count). The van der Waals surface area contributed by atoms with Crippen LogP contribution in [-0.4, -0.2) is 23.1 Å². The van der Waals surface area contributed by atoms with Gasteiger partial charge in [-0.25, -0.2) is 4.79 Å². The molecule has 0 aliphatic carbocycles. The van der Waals surface area contributed by atoms with Gasteiger partial charge >= 0.3 is 12.3 Å². The molecule has 1 amide bonds. The molecule has 22 heavy (non-hydrogen) atoms. The monoisotopic (exact) mass is 315 g/mol. The summed E-state index contributed by atoms with van der Waals surface area (Å²) in [5.41, 5.74) is -1.22. The van der Waals surface area contributed by atoms with E-state index in [0.717, 1.165) is 6.07 Å². The average molecular weight is 315 g/mol. The van der Waals surface area contributed by atoms with Crippen LogP contribution < -0.4 is 0 Å². The van der Waals surface area contributed by atoms with Crippen LogP contribution in [0.15, 0.2) is 24.3 Å². The Bertz CT molecular complexity index is 549. The lowest BCUT2D eigenvalue weighted by Gasteiger charge is -2.30. The Morgan fingerprint density at radius 1 is 1.23 bits per heavy atom. The number of ether oxygens (including phenoxy) is 1. The second kappa shape index (κ2) is 5.82. The van der Waals surface area contributed by atoms with E-state index >= 15 is 0 Å². The summed E-state index contributed by atoms with van der Waals surface area (Å²) < 4.78 is 44.8. The molecule has 1 aromatic carbocycles. The minimum absolute atomic E-state index is 0.137. The topological polar surface area (TPSA) is 29.5 Å². The number of rotatable bonds is 1. The molecule has 6 heteroatoms. The third kappa shape index (κ3) is 3.72. The summed E-state index contributed by atoms with van der Waals surface area (Å²) in [6.45, 7) is 5.62. The fourth-order valence-electron chi connectivity index (χ4n) is 2.67. The zero-order valence-corrected chi connectivity index (χ0v) is 12.9. The molecule has 1 unspecified atom stereocenters. The van der Waals surface area contributed by atoms with Gasteiger partial charge in [-0.3, -0.25) is 0 Å². The van der Waals surface area contributed by atoms with E-state index in [1.54, 1.807) is 26.8 Å². The van der Waals surface area contributed by atoms with E-state index in [1.807, 2.05) is 0 Å². The van der Waals surface area contributed by atoms with Crippen molar-refractivity contribution in [3.63, 3.8) is 0 Å². The molecule has 122 valence electrons. The van der Waals surface area contributed by atoms with Crippen molar-refractivity contribution in [2.45, 2.75) is 51.4 Å². The van der Waals surface area contributed by atoms with E-state index in [4.69, 9.17) is 4.74 Å². The van der Waals surface area contributed by atoms with Gasteiger partial charge in [0.25, 0.3) is 0 Å². The van der Waals surface area contributed by atoms with Crippen LogP contribution in [0.2, 0.25) is 0 Å². The quantitative estimate of drug-likeness (QED) is 0.746. The maximum absolute atomic E-state index is 13.2. The summed E-state index contributed by atoms with van der Waals surface area (Å²) >= 11 is 0. The van der Waals surface area contributed by atoms with Gasteiger partial charge in [-0.2, -0.15) is 13.2 Å². The Kier molecular flexibility index (Phi) is 4.40. The number of alkyl halides is 3. The first-order valence-corrected chi connectivity index (χ1v) is 7.25. The Labute approximate surface area is 128 Å². The van der Waals surface area contributed by atoms with Crippen molar-refractivity contribution >= 4 is 6.09 Å². The van der Waals surface area contributed by atoms with Crippen molar-refractivity contribution in [3.05, 3.63) is 35.4 Å². The number of halogens is 3. The summed E-state index contributed by atoms with van der Waals surface area (Å²) in [4.78, 5) is 13.6. The summed E-state index contributed by atoms with van der Waals surface area (Å²) in [7, 11) is 0. The molecule has 1 heterocycles. The van der Waals surface area contributed by atoms with Crippen LogP contribution in [-0.2, 0) is 10.9 Å². The summed E-state index contributed by atoms with van der Waals surface area (Å²) in [6.07, 6.45) is -3.83. The maximum Gasteiger partial charge on any atom is 0.416 e. The molecule has 0 saturated carbocycles. The lowest BCUT2D eigenvalue weighted by atomic mass is 9.98. The van der Waals surface area contributed by atoms with Gasteiger partial charge in [0.2, 0.25) is 0 Å². The summed E-state index contributed by atoms with van der Waals surface area (Å²) in [5, 5.41) is 0. The van der Waals surface area contributed by atoms with E-state index in [-0.39, 0.29) is 5.56 Å². The van der Waals surface area contributed by atoms with Crippen molar-refractivity contribution in [2.24, 2.45) is 0 Å². The number of amides is 1. The molecular weight excluding hydrogens is 295 g/mol. The fourth-order valence-corrected chi connectivity index (χ4v) is 2.67. The number of carbonyl (C=O) groups is 1. The number of hydrogen-bond acceptors (Lipinski definition) is 2. The van der Waals surface area contributed by atoms with Gasteiger partial charge < -0.3 is 9.64 Å². The minimum atomic E-state index is -4.43. The molecule has 1 atom stereocenters. The molecule has 0 bridgehead atoms. The molecule has 1 aliphatic rings. The highest BCUT2D eigenvalue weighted by molar-refractivity contribution is 5.69. The van der Waals surface area contributed by atoms with Crippen LogP contribution >= 0.6 is 0 Å². The standard InChI is InChI=1S/C16H20F3NO2/c1-15(2,3)22-14(21)20-10-6-9-13(20)11-7-4-5-8-12(11)16(17,18)19/h4-5,7-8,13H,6,9-10H2,1-3H3. The molecule has 1 saturated heterocycles. The highest BCUT2D eigenvalue weighted by Crippen LogP contribution is 2.40. The molecule has 1 aromatic rings. The second-order valence-electron chi connectivity index (χ2n) is 6.42. The Morgan fingerprint density at radius 2 is 1.86 bits per heavy atom. The first-order chi connectivity index (χ1) is 10.1. The van der Waals surface area contributed by atoms with E-state index in [2.05, 4.69) is 0 Å². The van der Waals surface area contributed by atoms with E-state index in [9.17, 15) is 18.0 Å². The molecule has 0 aromatic heterocycles. The Balaban J connectivity index is 2.30. The highest BCUT2D eigenvalue weighted by atomic mass is 19.4. The van der Waals surface area contributed by atoms with Crippen LogP contribution in [0.25, 0.3) is 0 Å². The molecule has 1 aliphatic heterocycles. The van der Waals surface area contributed by atoms with Crippen LogP contribution in [0.1, 0.15) is 50.8 Å². The number of benzene rings is 1. The van der Waals surface area contributed by atoms with Gasteiger partial charge in [0.05, 0.1) is 11.6 Å². The lowest BCUT2D eigenvalue weighted by Crippen LogP contribution is -2.36. The van der Waals surface area contributed by atoms with Crippen molar-refractivity contribution in [2.75, 3.05) is 6.54 Å². The second-order valence-corrected chi connectivity index (χ2v) is 6.42. The van der Waals surface area contributed by atoms with E-state index in [0.29, 0.717) is 19.4 Å². The van der Waals surface area contributed by atoms with E-state index < -0.39 is 29.5 Å². The highest BCUT2D eigenvalue weighted by Gasteiger charge is 2.39. The van der Waals surface area contributed by atoms with Gasteiger partial charge in [0.1, 0.15) is 5.60 Å². The van der Waals surface area contributed by atoms with Crippen molar-refractivity contribution < 1.29 is 22.7 Å². The van der Waals surface area contributed by atoms with Crippen LogP contribution in [0, 0.1) is 0 Å². The zero-order valence-electron chi connectivity index (χ0n) is 12.9. The van der Waals surface area contributed by atoms with Crippen LogP contribution in [0.4, 0.5) is 18.0 Å². The summed E-state index contributed by atoms with van der Waals surface area (Å²) in [6, 6.07) is 4.83. The van der Waals surface area contributed by atoms with Gasteiger partial charge in [-0.15, -0.1) is 0 Å². The average Bonchev–Trinajstić information content (AvgIpc) is 2.84. The SMILES string of the molecule is CC(C)(C)OC(=O)N1CCCC1c1ccccc1C(F)(F)F.